The molecule has 3 aromatic carbocycles. The van der Waals surface area contributed by atoms with Crippen molar-refractivity contribution in [3.8, 4) is 5.75 Å². The van der Waals surface area contributed by atoms with Crippen LogP contribution in [-0.4, -0.2) is 38.9 Å². The lowest BCUT2D eigenvalue weighted by molar-refractivity contribution is -0.134. The highest BCUT2D eigenvalue weighted by Crippen LogP contribution is 2.19. The van der Waals surface area contributed by atoms with Gasteiger partial charge < -0.3 is 24.3 Å². The average molecular weight is 462 g/mol. The first kappa shape index (κ1) is 25.0. The van der Waals surface area contributed by atoms with Gasteiger partial charge >= 0.3 is 5.97 Å². The van der Waals surface area contributed by atoms with Crippen LogP contribution < -0.4 is 10.1 Å². The van der Waals surface area contributed by atoms with Crippen molar-refractivity contribution in [1.29, 1.82) is 0 Å². The van der Waals surface area contributed by atoms with Gasteiger partial charge in [-0.2, -0.15) is 0 Å². The molecule has 2 atom stereocenters. The molecule has 6 nitrogen and oxygen atoms in total. The lowest BCUT2D eigenvalue weighted by Gasteiger charge is -2.27. The van der Waals surface area contributed by atoms with Gasteiger partial charge in [-0.3, -0.25) is 0 Å². The molecule has 0 heterocycles. The predicted octanol–water partition coefficient (Wildman–Crippen LogP) is 5.01. The zero-order chi connectivity index (χ0) is 24.0. The fourth-order valence-corrected chi connectivity index (χ4v) is 3.31. The van der Waals surface area contributed by atoms with Gasteiger partial charge in [0.2, 0.25) is 0 Å². The Morgan fingerprint density at radius 2 is 1.47 bits per heavy atom. The van der Waals surface area contributed by atoms with Crippen LogP contribution in [0.1, 0.15) is 11.1 Å². The minimum Gasteiger partial charge on any atom is -0.497 e. The number of hydrogen-bond acceptors (Lipinski definition) is 6. The Kier molecular flexibility index (Phi) is 10.2. The van der Waals surface area contributed by atoms with E-state index in [1.54, 1.807) is 13.2 Å². The summed E-state index contributed by atoms with van der Waals surface area (Å²) in [5.41, 5.74) is 3.00. The van der Waals surface area contributed by atoms with Crippen LogP contribution in [0.5, 0.6) is 5.75 Å². The van der Waals surface area contributed by atoms with Crippen molar-refractivity contribution < 1.29 is 23.7 Å². The summed E-state index contributed by atoms with van der Waals surface area (Å²) in [6.07, 6.45) is 2.63. The normalized spacial score (nSPS) is 12.8. The molecular formula is C28H31NO5. The van der Waals surface area contributed by atoms with Gasteiger partial charge in [0.15, 0.2) is 0 Å². The molecule has 0 unspecified atom stereocenters. The van der Waals surface area contributed by atoms with Gasteiger partial charge in [-0.1, -0.05) is 60.7 Å². The van der Waals surface area contributed by atoms with Gasteiger partial charge in [-0.05, 0) is 41.5 Å². The first-order valence-electron chi connectivity index (χ1n) is 11.1. The molecule has 0 fully saturated rings. The standard InChI is InChI=1S/C28H31NO5/c1-31-25-15-13-24(14-16-25)29-26(21-33-19-22-9-5-3-6-10-22)27(17-18-28(30)32-2)34-20-23-11-7-4-8-12-23/h3-18,26-27,29H,19-21H2,1-2H3/b18-17-/t26-,27-/m1/s1. The van der Waals surface area contributed by atoms with Crippen LogP contribution in [0.25, 0.3) is 0 Å². The minimum atomic E-state index is -0.461. The highest BCUT2D eigenvalue weighted by molar-refractivity contribution is 5.81. The van der Waals surface area contributed by atoms with Crippen molar-refractivity contribution in [2.45, 2.75) is 25.4 Å². The van der Waals surface area contributed by atoms with Crippen LogP contribution in [0.3, 0.4) is 0 Å². The monoisotopic (exact) mass is 461 g/mol. The van der Waals surface area contributed by atoms with Crippen molar-refractivity contribution >= 4 is 11.7 Å². The molecule has 0 aromatic heterocycles. The first-order chi connectivity index (χ1) is 16.7. The second-order valence-electron chi connectivity index (χ2n) is 7.62. The second-order valence-corrected chi connectivity index (χ2v) is 7.62. The quantitative estimate of drug-likeness (QED) is 0.285. The van der Waals surface area contributed by atoms with E-state index < -0.39 is 12.1 Å². The van der Waals surface area contributed by atoms with Gasteiger partial charge in [0.25, 0.3) is 0 Å². The summed E-state index contributed by atoms with van der Waals surface area (Å²) in [7, 11) is 2.98. The van der Waals surface area contributed by atoms with Crippen molar-refractivity contribution in [3.05, 3.63) is 108 Å². The van der Waals surface area contributed by atoms with Crippen molar-refractivity contribution in [2.75, 3.05) is 26.1 Å². The van der Waals surface area contributed by atoms with E-state index in [-0.39, 0.29) is 6.04 Å². The zero-order valence-corrected chi connectivity index (χ0v) is 19.6. The Bertz CT molecular complexity index is 1010. The molecule has 1 N–H and O–H groups in total. The smallest absolute Gasteiger partial charge is 0.330 e. The van der Waals surface area contributed by atoms with Crippen molar-refractivity contribution in [1.82, 2.24) is 0 Å². The number of esters is 1. The summed E-state index contributed by atoms with van der Waals surface area (Å²) >= 11 is 0. The van der Waals surface area contributed by atoms with E-state index in [9.17, 15) is 4.79 Å². The average Bonchev–Trinajstić information content (AvgIpc) is 2.89. The second kappa shape index (κ2) is 13.8. The third-order valence-corrected chi connectivity index (χ3v) is 5.16. The molecule has 0 amide bonds. The number of hydrogen-bond donors (Lipinski definition) is 1. The Labute approximate surface area is 201 Å². The molecule has 0 aliphatic carbocycles. The Hall–Kier alpha value is -3.61. The van der Waals surface area contributed by atoms with Crippen LogP contribution in [0.4, 0.5) is 5.69 Å². The number of nitrogens with one attached hydrogen (secondary N) is 1. The largest absolute Gasteiger partial charge is 0.497 e. The summed E-state index contributed by atoms with van der Waals surface area (Å²) in [4.78, 5) is 11.8. The maximum Gasteiger partial charge on any atom is 0.330 e. The SMILES string of the molecule is COC(=O)/C=C\[C@@H](OCc1ccccc1)[C@@H](COCc1ccccc1)Nc1ccc(OC)cc1. The highest BCUT2D eigenvalue weighted by Gasteiger charge is 2.21. The number of carbonyl (C=O) groups excluding carboxylic acids is 1. The molecule has 0 aliphatic rings. The lowest BCUT2D eigenvalue weighted by atomic mass is 10.1. The molecule has 178 valence electrons. The number of methoxy groups -OCH3 is 2. The molecule has 0 aliphatic heterocycles. The predicted molar refractivity (Wildman–Crippen MR) is 133 cm³/mol. The van der Waals surface area contributed by atoms with Gasteiger partial charge in [-0.15, -0.1) is 0 Å². The van der Waals surface area contributed by atoms with E-state index in [0.717, 1.165) is 22.6 Å². The maximum atomic E-state index is 11.8. The van der Waals surface area contributed by atoms with Gasteiger partial charge in [-0.25, -0.2) is 4.79 Å². The molecule has 0 spiro atoms. The first-order valence-corrected chi connectivity index (χ1v) is 11.1. The topological polar surface area (TPSA) is 66.0 Å². The summed E-state index contributed by atoms with van der Waals surface area (Å²) in [6, 6.07) is 27.2. The summed E-state index contributed by atoms with van der Waals surface area (Å²) in [6.45, 7) is 1.20. The van der Waals surface area contributed by atoms with Gasteiger partial charge in [0.05, 0.1) is 46.2 Å². The maximum absolute atomic E-state index is 11.8. The van der Waals surface area contributed by atoms with Crippen molar-refractivity contribution in [3.63, 3.8) is 0 Å². The fourth-order valence-electron chi connectivity index (χ4n) is 3.31. The molecule has 0 saturated heterocycles. The van der Waals surface area contributed by atoms with Crippen LogP contribution in [0.15, 0.2) is 97.1 Å². The highest BCUT2D eigenvalue weighted by atomic mass is 16.5. The number of ether oxygens (including phenoxy) is 4. The molecule has 3 rings (SSSR count). The molecule has 0 bridgehead atoms. The summed E-state index contributed by atoms with van der Waals surface area (Å²) < 4.78 is 22.3. The third kappa shape index (κ3) is 8.39. The number of rotatable bonds is 13. The third-order valence-electron chi connectivity index (χ3n) is 5.16. The van der Waals surface area contributed by atoms with E-state index in [4.69, 9.17) is 18.9 Å². The van der Waals surface area contributed by atoms with E-state index in [0.29, 0.717) is 19.8 Å². The fraction of sp³-hybridized carbons (Fsp3) is 0.250. The van der Waals surface area contributed by atoms with E-state index >= 15 is 0 Å². The number of benzene rings is 3. The summed E-state index contributed by atoms with van der Waals surface area (Å²) in [5.74, 6) is 0.326. The Morgan fingerprint density at radius 1 is 0.853 bits per heavy atom. The van der Waals surface area contributed by atoms with Crippen molar-refractivity contribution in [2.24, 2.45) is 0 Å². The van der Waals surface area contributed by atoms with Crippen LogP contribution in [0, 0.1) is 0 Å². The molecule has 34 heavy (non-hydrogen) atoms. The van der Waals surface area contributed by atoms with Gasteiger partial charge in [0.1, 0.15) is 5.75 Å². The van der Waals surface area contributed by atoms with Crippen LogP contribution in [-0.2, 0) is 32.2 Å². The van der Waals surface area contributed by atoms with Crippen LogP contribution >= 0.6 is 0 Å². The molecular weight excluding hydrogens is 430 g/mol. The molecule has 3 aromatic rings. The Balaban J connectivity index is 1.77. The summed E-state index contributed by atoms with van der Waals surface area (Å²) in [5, 5.41) is 3.49. The van der Waals surface area contributed by atoms with E-state index in [2.05, 4.69) is 5.32 Å². The number of anilines is 1. The van der Waals surface area contributed by atoms with Gasteiger partial charge in [0, 0.05) is 11.8 Å². The minimum absolute atomic E-state index is 0.276. The molecule has 0 saturated carbocycles. The molecule has 6 heteroatoms. The van der Waals surface area contributed by atoms with Crippen LogP contribution in [0.2, 0.25) is 0 Å². The molecule has 0 radical (unpaired) electrons. The van der Waals surface area contributed by atoms with E-state index in [1.165, 1.54) is 13.2 Å². The zero-order valence-electron chi connectivity index (χ0n) is 19.6. The Morgan fingerprint density at radius 3 is 2.06 bits per heavy atom. The number of carbonyl (C=O) groups is 1. The lowest BCUT2D eigenvalue weighted by Crippen LogP contribution is -2.38. The van der Waals surface area contributed by atoms with E-state index in [1.807, 2.05) is 84.9 Å².